The predicted molar refractivity (Wildman–Crippen MR) is 39.0 cm³/mol. The van der Waals surface area contributed by atoms with E-state index in [-0.39, 0.29) is 6.04 Å². The van der Waals surface area contributed by atoms with Crippen LogP contribution in [0, 0.1) is 12.0 Å². The Labute approximate surface area is 59.8 Å². The van der Waals surface area contributed by atoms with Gasteiger partial charge in [0.1, 0.15) is 0 Å². The minimum atomic E-state index is -1.01. The number of hydrogen-bond donors (Lipinski definition) is 2. The van der Waals surface area contributed by atoms with Crippen molar-refractivity contribution in [3.63, 3.8) is 0 Å². The summed E-state index contributed by atoms with van der Waals surface area (Å²) in [5.74, 6) is -1.81. The smallest absolute Gasteiger partial charge is 0.312 e. The van der Waals surface area contributed by atoms with Gasteiger partial charge in [0.05, 0.1) is 12.0 Å². The molecular weight excluding hydrogens is 130 g/mol. The van der Waals surface area contributed by atoms with E-state index in [1.54, 1.807) is 0 Å². The molecule has 0 aliphatic heterocycles. The second-order valence-electron chi connectivity index (χ2n) is 1.76. The number of carboxylic acids is 1. The highest BCUT2D eigenvalue weighted by molar-refractivity contribution is 5.75. The van der Waals surface area contributed by atoms with Gasteiger partial charge in [-0.2, -0.15) is 0 Å². The van der Waals surface area contributed by atoms with Crippen molar-refractivity contribution >= 4 is 5.97 Å². The summed E-state index contributed by atoms with van der Waals surface area (Å²) >= 11 is 0. The van der Waals surface area contributed by atoms with Crippen LogP contribution in [0.5, 0.6) is 0 Å². The lowest BCUT2D eigenvalue weighted by Gasteiger charge is -2.09. The van der Waals surface area contributed by atoms with Crippen LogP contribution in [0.25, 0.3) is 0 Å². The van der Waals surface area contributed by atoms with Gasteiger partial charge in [-0.3, -0.25) is 4.79 Å². The van der Waals surface area contributed by atoms with Crippen LogP contribution in [0.3, 0.4) is 0 Å². The Hall–Kier alpha value is -1.09. The highest BCUT2D eigenvalue weighted by atomic mass is 16.4. The van der Waals surface area contributed by atoms with Gasteiger partial charge in [0, 0.05) is 0 Å². The molecule has 1 radical (unpaired) electrons. The molecule has 0 aliphatic carbocycles. The molecule has 0 aromatic rings. The fourth-order valence-electron chi connectivity index (χ4n) is 0.506. The molecule has 0 saturated heterocycles. The van der Waals surface area contributed by atoms with E-state index >= 15 is 0 Å². The van der Waals surface area contributed by atoms with Crippen LogP contribution in [-0.4, -0.2) is 11.1 Å². The Kier molecular flexibility index (Phi) is 3.43. The van der Waals surface area contributed by atoms with E-state index in [0.29, 0.717) is 0 Å². The molecule has 10 heavy (non-hydrogen) atoms. The van der Waals surface area contributed by atoms with Crippen LogP contribution in [0.4, 0.5) is 0 Å². The molecule has 0 heterocycles. The molecular formula is C7H10NO2. The summed E-state index contributed by atoms with van der Waals surface area (Å²) < 4.78 is 0. The van der Waals surface area contributed by atoms with Crippen LogP contribution in [0.2, 0.25) is 0 Å². The topological polar surface area (TPSA) is 63.3 Å². The SMILES string of the molecule is C=C[C](N)C(C=C)C(=O)O. The molecule has 0 rings (SSSR count). The molecule has 0 spiro atoms. The van der Waals surface area contributed by atoms with Crippen LogP contribution >= 0.6 is 0 Å². The van der Waals surface area contributed by atoms with E-state index in [1.165, 1.54) is 12.2 Å². The van der Waals surface area contributed by atoms with Gasteiger partial charge in [-0.05, 0) is 0 Å². The summed E-state index contributed by atoms with van der Waals surface area (Å²) in [7, 11) is 0. The normalized spacial score (nSPS) is 12.6. The largest absolute Gasteiger partial charge is 0.481 e. The molecule has 1 atom stereocenters. The fraction of sp³-hybridized carbons (Fsp3) is 0.143. The lowest BCUT2D eigenvalue weighted by molar-refractivity contribution is -0.139. The summed E-state index contributed by atoms with van der Waals surface area (Å²) in [6, 6.07) is 0.211. The molecule has 1 unspecified atom stereocenters. The van der Waals surface area contributed by atoms with E-state index < -0.39 is 11.9 Å². The molecule has 0 aromatic heterocycles. The zero-order chi connectivity index (χ0) is 8.15. The van der Waals surface area contributed by atoms with Crippen molar-refractivity contribution in [3.05, 3.63) is 31.4 Å². The molecule has 0 fully saturated rings. The zero-order valence-corrected chi connectivity index (χ0v) is 5.58. The third kappa shape index (κ3) is 2.03. The summed E-state index contributed by atoms with van der Waals surface area (Å²) in [6.07, 6.45) is 2.57. The molecule has 0 saturated carbocycles. The lowest BCUT2D eigenvalue weighted by Crippen LogP contribution is -2.24. The van der Waals surface area contributed by atoms with Gasteiger partial charge in [-0.25, -0.2) is 0 Å². The van der Waals surface area contributed by atoms with E-state index in [2.05, 4.69) is 13.2 Å². The highest BCUT2D eigenvalue weighted by Crippen LogP contribution is 2.10. The fourth-order valence-corrected chi connectivity index (χ4v) is 0.506. The number of rotatable bonds is 4. The van der Waals surface area contributed by atoms with Gasteiger partial charge in [0.2, 0.25) is 0 Å². The molecule has 3 nitrogen and oxygen atoms in total. The van der Waals surface area contributed by atoms with Gasteiger partial charge < -0.3 is 10.8 Å². The number of aliphatic carboxylic acids is 1. The van der Waals surface area contributed by atoms with Crippen LogP contribution in [0.1, 0.15) is 0 Å². The first-order valence-corrected chi connectivity index (χ1v) is 2.73. The van der Waals surface area contributed by atoms with Crippen molar-refractivity contribution in [2.45, 2.75) is 0 Å². The van der Waals surface area contributed by atoms with E-state index in [9.17, 15) is 4.79 Å². The maximum absolute atomic E-state index is 10.3. The van der Waals surface area contributed by atoms with Crippen molar-refractivity contribution in [1.29, 1.82) is 0 Å². The van der Waals surface area contributed by atoms with Crippen molar-refractivity contribution in [2.24, 2.45) is 11.7 Å². The number of carboxylic acid groups (broad SMARTS) is 1. The Balaban J connectivity index is 4.19. The average Bonchev–Trinajstić information content (AvgIpc) is 1.88. The number of nitrogens with two attached hydrogens (primary N) is 1. The van der Waals surface area contributed by atoms with E-state index in [4.69, 9.17) is 10.8 Å². The molecule has 55 valence electrons. The summed E-state index contributed by atoms with van der Waals surface area (Å²) in [6.45, 7) is 6.66. The first-order chi connectivity index (χ1) is 4.63. The summed E-state index contributed by atoms with van der Waals surface area (Å²) in [5.41, 5.74) is 5.28. The van der Waals surface area contributed by atoms with Crippen LogP contribution in [0.15, 0.2) is 25.3 Å². The molecule has 3 N–H and O–H groups in total. The van der Waals surface area contributed by atoms with Gasteiger partial charge >= 0.3 is 5.97 Å². The summed E-state index contributed by atoms with van der Waals surface area (Å²) in [5, 5.41) is 8.45. The van der Waals surface area contributed by atoms with Crippen LogP contribution < -0.4 is 5.73 Å². The Morgan fingerprint density at radius 2 is 2.10 bits per heavy atom. The van der Waals surface area contributed by atoms with Crippen molar-refractivity contribution in [1.82, 2.24) is 0 Å². The minimum absolute atomic E-state index is 0.211. The minimum Gasteiger partial charge on any atom is -0.481 e. The second kappa shape index (κ2) is 3.85. The molecule has 0 bridgehead atoms. The lowest BCUT2D eigenvalue weighted by atomic mass is 10.0. The average molecular weight is 140 g/mol. The first kappa shape index (κ1) is 8.91. The molecule has 3 heteroatoms. The van der Waals surface area contributed by atoms with Crippen molar-refractivity contribution in [2.75, 3.05) is 0 Å². The molecule has 0 amide bonds. The second-order valence-corrected chi connectivity index (χ2v) is 1.76. The third-order valence-corrected chi connectivity index (χ3v) is 1.10. The first-order valence-electron chi connectivity index (χ1n) is 2.73. The third-order valence-electron chi connectivity index (χ3n) is 1.10. The Morgan fingerprint density at radius 3 is 2.20 bits per heavy atom. The maximum Gasteiger partial charge on any atom is 0.312 e. The van der Waals surface area contributed by atoms with Gasteiger partial charge in [0.15, 0.2) is 0 Å². The Morgan fingerprint density at radius 1 is 1.60 bits per heavy atom. The molecule has 0 aromatic carbocycles. The summed E-state index contributed by atoms with van der Waals surface area (Å²) in [4.78, 5) is 10.3. The van der Waals surface area contributed by atoms with E-state index in [1.807, 2.05) is 0 Å². The quantitative estimate of drug-likeness (QED) is 0.560. The van der Waals surface area contributed by atoms with Crippen molar-refractivity contribution < 1.29 is 9.90 Å². The Bertz CT molecular complexity index is 154. The number of carbonyl (C=O) groups is 1. The zero-order valence-electron chi connectivity index (χ0n) is 5.58. The maximum atomic E-state index is 10.3. The monoisotopic (exact) mass is 140 g/mol. The van der Waals surface area contributed by atoms with Gasteiger partial charge in [-0.15, -0.1) is 13.2 Å². The number of hydrogen-bond acceptors (Lipinski definition) is 2. The van der Waals surface area contributed by atoms with Crippen molar-refractivity contribution in [3.8, 4) is 0 Å². The standard InChI is InChI=1S/C7H10NO2/c1-3-5(7(9)10)6(8)4-2/h3-5H,1-2,8H2,(H,9,10). The van der Waals surface area contributed by atoms with Gasteiger partial charge in [0.25, 0.3) is 0 Å². The van der Waals surface area contributed by atoms with E-state index in [0.717, 1.165) is 0 Å². The predicted octanol–water partition coefficient (Wildman–Crippen LogP) is 0.550. The van der Waals surface area contributed by atoms with Crippen LogP contribution in [-0.2, 0) is 4.79 Å². The van der Waals surface area contributed by atoms with Gasteiger partial charge in [-0.1, -0.05) is 12.2 Å². The highest BCUT2D eigenvalue weighted by Gasteiger charge is 2.19. The molecule has 0 aliphatic rings.